The highest BCUT2D eigenvalue weighted by Gasteiger charge is 2.27. The quantitative estimate of drug-likeness (QED) is 0.270. The molecule has 0 radical (unpaired) electrons. The molecule has 0 fully saturated rings. The molecule has 1 aliphatic heterocycles. The lowest BCUT2D eigenvalue weighted by Gasteiger charge is -2.22. The number of rotatable bonds is 10. The maximum absolute atomic E-state index is 11.7. The Balaban J connectivity index is 1.58. The van der Waals surface area contributed by atoms with E-state index in [1.165, 1.54) is 11.0 Å². The Morgan fingerprint density at radius 1 is 1.07 bits per heavy atom. The van der Waals surface area contributed by atoms with Crippen molar-refractivity contribution in [2.24, 2.45) is 0 Å². The summed E-state index contributed by atoms with van der Waals surface area (Å²) >= 11 is 0. The Hall–Kier alpha value is -2.51. The second kappa shape index (κ2) is 9.43. The Labute approximate surface area is 158 Å². The molecule has 7 nitrogen and oxygen atoms in total. The van der Waals surface area contributed by atoms with Crippen LogP contribution in [0.25, 0.3) is 0 Å². The third-order valence-corrected chi connectivity index (χ3v) is 4.29. The Kier molecular flexibility index (Phi) is 7.27. The molecule has 1 heterocycles. The maximum atomic E-state index is 11.7. The van der Waals surface area contributed by atoms with Crippen LogP contribution in [0.1, 0.15) is 52.0 Å². The van der Waals surface area contributed by atoms with Gasteiger partial charge in [0.2, 0.25) is 0 Å². The van der Waals surface area contributed by atoms with Gasteiger partial charge in [-0.15, -0.1) is 0 Å². The number of carbonyl (C=O) groups is 3. The monoisotopic (exact) mass is 375 g/mol. The Morgan fingerprint density at radius 2 is 1.78 bits per heavy atom. The van der Waals surface area contributed by atoms with Crippen LogP contribution in [0.2, 0.25) is 0 Å². The smallest absolute Gasteiger partial charge is 0.275 e. The number of unbranched alkanes of at least 4 members (excludes halogenated alkanes) is 2. The fourth-order valence-electron chi connectivity index (χ4n) is 2.63. The van der Waals surface area contributed by atoms with Gasteiger partial charge in [-0.3, -0.25) is 19.4 Å². The first kappa shape index (κ1) is 20.8. The fourth-order valence-corrected chi connectivity index (χ4v) is 2.63. The third-order valence-electron chi connectivity index (χ3n) is 4.29. The number of imide groups is 1. The highest BCUT2D eigenvalue weighted by atomic mass is 17.5. The van der Waals surface area contributed by atoms with Crippen molar-refractivity contribution in [1.82, 2.24) is 4.90 Å². The van der Waals surface area contributed by atoms with Gasteiger partial charge in [0.25, 0.3) is 11.8 Å². The van der Waals surface area contributed by atoms with Gasteiger partial charge in [0.05, 0.1) is 0 Å². The highest BCUT2D eigenvalue weighted by Crippen LogP contribution is 2.24. The number of amides is 2. The molecule has 0 bridgehead atoms. The number of hydrogen-bond donors (Lipinski definition) is 0. The van der Waals surface area contributed by atoms with Crippen LogP contribution in [0.4, 0.5) is 0 Å². The van der Waals surface area contributed by atoms with Crippen LogP contribution in [0.5, 0.6) is 0 Å². The molecule has 7 heteroatoms. The molecule has 0 aromatic heterocycles. The largest absolute Gasteiger partial charge is 0.345 e. The summed E-state index contributed by atoms with van der Waals surface area (Å²) in [7, 11) is 0. The number of benzene rings is 1. The molecule has 1 aromatic carbocycles. The standard InChI is InChI=1S/C20H25NO6/c1-15-14-17(22)21(19(15)24)13-9-5-8-12-18(23)25-27-26-20(2,3)16-10-6-4-7-11-16/h4,6-7,10-11,14H,5,8-9,12-13H2,1-3H3. The van der Waals surface area contributed by atoms with Crippen molar-refractivity contribution < 1.29 is 29.2 Å². The van der Waals surface area contributed by atoms with Crippen molar-refractivity contribution >= 4 is 17.8 Å². The molecule has 27 heavy (non-hydrogen) atoms. The summed E-state index contributed by atoms with van der Waals surface area (Å²) in [5.41, 5.74) is 0.582. The minimum absolute atomic E-state index is 0.161. The van der Waals surface area contributed by atoms with Crippen LogP contribution in [-0.4, -0.2) is 29.2 Å². The lowest BCUT2D eigenvalue weighted by Crippen LogP contribution is -2.31. The van der Waals surface area contributed by atoms with Crippen LogP contribution < -0.4 is 0 Å². The third kappa shape index (κ3) is 6.01. The molecule has 2 amide bonds. The van der Waals surface area contributed by atoms with E-state index < -0.39 is 11.6 Å². The van der Waals surface area contributed by atoms with Crippen LogP contribution in [0, 0.1) is 0 Å². The lowest BCUT2D eigenvalue weighted by atomic mass is 9.99. The average molecular weight is 375 g/mol. The first-order chi connectivity index (χ1) is 12.8. The van der Waals surface area contributed by atoms with Gasteiger partial charge in [-0.1, -0.05) is 36.8 Å². The van der Waals surface area contributed by atoms with E-state index in [4.69, 9.17) is 4.89 Å². The van der Waals surface area contributed by atoms with Crippen molar-refractivity contribution in [2.45, 2.75) is 52.1 Å². The summed E-state index contributed by atoms with van der Waals surface area (Å²) in [5, 5.41) is 4.64. The van der Waals surface area contributed by atoms with E-state index in [2.05, 4.69) is 9.93 Å². The predicted molar refractivity (Wildman–Crippen MR) is 96.7 cm³/mol. The summed E-state index contributed by atoms with van der Waals surface area (Å²) in [6, 6.07) is 9.43. The van der Waals surface area contributed by atoms with E-state index in [0.29, 0.717) is 31.4 Å². The SMILES string of the molecule is CC1=CC(=O)N(CCCCCC(=O)OOOC(C)(C)c2ccccc2)C1=O. The summed E-state index contributed by atoms with van der Waals surface area (Å²) < 4.78 is 0. The van der Waals surface area contributed by atoms with Gasteiger partial charge in [0.15, 0.2) is 0 Å². The van der Waals surface area contributed by atoms with Gasteiger partial charge in [0.1, 0.15) is 5.60 Å². The zero-order valence-corrected chi connectivity index (χ0v) is 15.9. The maximum Gasteiger partial charge on any atom is 0.345 e. The molecule has 2 rings (SSSR count). The summed E-state index contributed by atoms with van der Waals surface area (Å²) in [6.45, 7) is 5.57. The number of nitrogens with zero attached hydrogens (tertiary/aromatic N) is 1. The molecule has 0 atom stereocenters. The Bertz CT molecular complexity index is 710. The topological polar surface area (TPSA) is 82.1 Å². The minimum atomic E-state index is -0.761. The van der Waals surface area contributed by atoms with E-state index in [1.807, 2.05) is 30.3 Å². The first-order valence-electron chi connectivity index (χ1n) is 8.96. The second-order valence-electron chi connectivity index (χ2n) is 6.92. The number of carbonyl (C=O) groups excluding carboxylic acids is 3. The highest BCUT2D eigenvalue weighted by molar-refractivity contribution is 6.15. The summed E-state index contributed by atoms with van der Waals surface area (Å²) in [6.07, 6.45) is 3.38. The van der Waals surface area contributed by atoms with Gasteiger partial charge < -0.3 is 0 Å². The van der Waals surface area contributed by atoms with E-state index in [9.17, 15) is 14.4 Å². The van der Waals surface area contributed by atoms with Gasteiger partial charge in [-0.2, -0.15) is 4.89 Å². The zero-order chi connectivity index (χ0) is 19.9. The molecule has 0 unspecified atom stereocenters. The zero-order valence-electron chi connectivity index (χ0n) is 15.9. The van der Waals surface area contributed by atoms with Gasteiger partial charge >= 0.3 is 5.97 Å². The van der Waals surface area contributed by atoms with Gasteiger partial charge in [-0.05, 0) is 44.2 Å². The van der Waals surface area contributed by atoms with E-state index in [-0.39, 0.29) is 18.2 Å². The molecule has 146 valence electrons. The van der Waals surface area contributed by atoms with E-state index in [0.717, 1.165) is 5.56 Å². The molecule has 0 N–H and O–H groups in total. The normalized spacial score (nSPS) is 14.5. The van der Waals surface area contributed by atoms with Crippen LogP contribution in [-0.2, 0) is 34.8 Å². The van der Waals surface area contributed by atoms with Crippen LogP contribution in [0.15, 0.2) is 42.0 Å². The Morgan fingerprint density at radius 3 is 2.41 bits per heavy atom. The fraction of sp³-hybridized carbons (Fsp3) is 0.450. The van der Waals surface area contributed by atoms with Crippen molar-refractivity contribution in [1.29, 1.82) is 0 Å². The molecule has 0 aliphatic carbocycles. The van der Waals surface area contributed by atoms with Gasteiger partial charge in [-0.25, -0.2) is 4.79 Å². The molecular formula is C20H25NO6. The average Bonchev–Trinajstić information content (AvgIpc) is 2.88. The van der Waals surface area contributed by atoms with Crippen LogP contribution >= 0.6 is 0 Å². The molecular weight excluding hydrogens is 350 g/mol. The number of hydrogen-bond acceptors (Lipinski definition) is 6. The molecule has 0 saturated heterocycles. The van der Waals surface area contributed by atoms with Crippen molar-refractivity contribution in [3.63, 3.8) is 0 Å². The summed E-state index contributed by atoms with van der Waals surface area (Å²) in [4.78, 5) is 46.0. The first-order valence-corrected chi connectivity index (χ1v) is 8.96. The molecule has 1 aromatic rings. The second-order valence-corrected chi connectivity index (χ2v) is 6.92. The van der Waals surface area contributed by atoms with E-state index >= 15 is 0 Å². The van der Waals surface area contributed by atoms with Crippen molar-refractivity contribution in [2.75, 3.05) is 6.54 Å². The molecule has 0 spiro atoms. The lowest BCUT2D eigenvalue weighted by molar-refractivity contribution is -0.520. The molecule has 0 saturated carbocycles. The predicted octanol–water partition coefficient (Wildman–Crippen LogP) is 3.20. The van der Waals surface area contributed by atoms with Gasteiger partial charge in [0, 0.05) is 24.6 Å². The van der Waals surface area contributed by atoms with Crippen LogP contribution in [0.3, 0.4) is 0 Å². The summed E-state index contributed by atoms with van der Waals surface area (Å²) in [5.74, 6) is -1.06. The minimum Gasteiger partial charge on any atom is -0.275 e. The van der Waals surface area contributed by atoms with E-state index in [1.54, 1.807) is 20.8 Å². The van der Waals surface area contributed by atoms with Crippen molar-refractivity contribution in [3.05, 3.63) is 47.5 Å². The van der Waals surface area contributed by atoms with Crippen molar-refractivity contribution in [3.8, 4) is 0 Å². The molecule has 1 aliphatic rings.